The van der Waals surface area contributed by atoms with Gasteiger partial charge in [-0.05, 0) is 53.6 Å². The van der Waals surface area contributed by atoms with Crippen LogP contribution < -0.4 is 5.73 Å². The lowest BCUT2D eigenvalue weighted by Crippen LogP contribution is -2.15. The summed E-state index contributed by atoms with van der Waals surface area (Å²) in [5, 5.41) is 0. The monoisotopic (exact) mass is 331 g/mol. The van der Waals surface area contributed by atoms with Gasteiger partial charge in [0.2, 0.25) is 0 Å². The van der Waals surface area contributed by atoms with Gasteiger partial charge in [0, 0.05) is 10.5 Å². The summed E-state index contributed by atoms with van der Waals surface area (Å²) in [4.78, 5) is 0. The van der Waals surface area contributed by atoms with Gasteiger partial charge in [0.15, 0.2) is 0 Å². The standard InChI is InChI=1S/C18H22BrN/c1-3-13-5-8-15(4-2)17(11-13)18(20)12-14-6-9-16(19)10-7-14/h5-11,18H,3-4,12,20H2,1-2H3. The zero-order valence-electron chi connectivity index (χ0n) is 12.2. The Balaban J connectivity index is 2.23. The van der Waals surface area contributed by atoms with Gasteiger partial charge in [0.05, 0.1) is 0 Å². The lowest BCUT2D eigenvalue weighted by molar-refractivity contribution is 0.710. The molecule has 0 aliphatic carbocycles. The van der Waals surface area contributed by atoms with Crippen LogP contribution in [0.25, 0.3) is 0 Å². The highest BCUT2D eigenvalue weighted by Crippen LogP contribution is 2.23. The molecule has 0 aliphatic heterocycles. The molecule has 2 aromatic rings. The molecule has 2 aromatic carbocycles. The second-order valence-electron chi connectivity index (χ2n) is 5.18. The van der Waals surface area contributed by atoms with Crippen LogP contribution in [0, 0.1) is 0 Å². The van der Waals surface area contributed by atoms with Crippen molar-refractivity contribution in [3.63, 3.8) is 0 Å². The van der Waals surface area contributed by atoms with Gasteiger partial charge in [-0.25, -0.2) is 0 Å². The zero-order valence-corrected chi connectivity index (χ0v) is 13.8. The molecular formula is C18H22BrN. The molecule has 1 unspecified atom stereocenters. The van der Waals surface area contributed by atoms with Gasteiger partial charge in [-0.2, -0.15) is 0 Å². The SMILES string of the molecule is CCc1ccc(CC)c(C(N)Cc2ccc(Br)cc2)c1. The largest absolute Gasteiger partial charge is 0.324 e. The Hall–Kier alpha value is -1.12. The van der Waals surface area contributed by atoms with Crippen LogP contribution >= 0.6 is 15.9 Å². The van der Waals surface area contributed by atoms with E-state index in [1.54, 1.807) is 0 Å². The van der Waals surface area contributed by atoms with Crippen LogP contribution in [0.2, 0.25) is 0 Å². The van der Waals surface area contributed by atoms with E-state index < -0.39 is 0 Å². The zero-order chi connectivity index (χ0) is 14.5. The highest BCUT2D eigenvalue weighted by molar-refractivity contribution is 9.10. The van der Waals surface area contributed by atoms with Gasteiger partial charge < -0.3 is 5.73 Å². The van der Waals surface area contributed by atoms with E-state index in [0.717, 1.165) is 23.7 Å². The van der Waals surface area contributed by atoms with Crippen molar-refractivity contribution in [2.75, 3.05) is 0 Å². The number of nitrogens with two attached hydrogens (primary N) is 1. The maximum atomic E-state index is 6.45. The third-order valence-corrected chi connectivity index (χ3v) is 4.30. The minimum atomic E-state index is 0.0672. The normalized spacial score (nSPS) is 12.4. The molecular weight excluding hydrogens is 310 g/mol. The molecule has 0 radical (unpaired) electrons. The summed E-state index contributed by atoms with van der Waals surface area (Å²) in [6, 6.07) is 15.2. The van der Waals surface area contributed by atoms with Gasteiger partial charge in [-0.3, -0.25) is 0 Å². The first-order valence-corrected chi connectivity index (χ1v) is 8.05. The molecule has 0 aromatic heterocycles. The van der Waals surface area contributed by atoms with Crippen molar-refractivity contribution in [2.45, 2.75) is 39.2 Å². The van der Waals surface area contributed by atoms with Gasteiger partial charge in [-0.15, -0.1) is 0 Å². The van der Waals surface area contributed by atoms with Crippen molar-refractivity contribution in [2.24, 2.45) is 5.73 Å². The Morgan fingerprint density at radius 1 is 0.950 bits per heavy atom. The lowest BCUT2D eigenvalue weighted by Gasteiger charge is -2.17. The van der Waals surface area contributed by atoms with Gasteiger partial charge in [0.1, 0.15) is 0 Å². The summed E-state index contributed by atoms with van der Waals surface area (Å²) in [5.41, 5.74) is 11.8. The number of halogens is 1. The Morgan fingerprint density at radius 2 is 1.60 bits per heavy atom. The Morgan fingerprint density at radius 3 is 2.20 bits per heavy atom. The van der Waals surface area contributed by atoms with Crippen LogP contribution in [0.1, 0.15) is 42.1 Å². The van der Waals surface area contributed by atoms with Crippen molar-refractivity contribution in [1.82, 2.24) is 0 Å². The van der Waals surface area contributed by atoms with E-state index in [9.17, 15) is 0 Å². The maximum Gasteiger partial charge on any atom is 0.0338 e. The minimum absolute atomic E-state index is 0.0672. The van der Waals surface area contributed by atoms with Crippen LogP contribution in [0.4, 0.5) is 0 Å². The fourth-order valence-corrected chi connectivity index (χ4v) is 2.78. The van der Waals surface area contributed by atoms with Crippen molar-refractivity contribution in [1.29, 1.82) is 0 Å². The van der Waals surface area contributed by atoms with E-state index in [2.05, 4.69) is 72.2 Å². The molecule has 2 heteroatoms. The average molecular weight is 332 g/mol. The molecule has 0 spiro atoms. The van der Waals surface area contributed by atoms with E-state index in [1.165, 1.54) is 22.3 Å². The Labute approximate surface area is 130 Å². The second kappa shape index (κ2) is 7.05. The number of rotatable bonds is 5. The first kappa shape index (κ1) is 15.3. The van der Waals surface area contributed by atoms with Crippen LogP contribution in [0.5, 0.6) is 0 Å². The molecule has 2 N–H and O–H groups in total. The minimum Gasteiger partial charge on any atom is -0.324 e. The molecule has 0 aliphatic rings. The van der Waals surface area contributed by atoms with Crippen LogP contribution in [0.15, 0.2) is 46.9 Å². The number of hydrogen-bond acceptors (Lipinski definition) is 1. The van der Waals surface area contributed by atoms with E-state index in [-0.39, 0.29) is 6.04 Å². The average Bonchev–Trinajstić information content (AvgIpc) is 2.48. The maximum absolute atomic E-state index is 6.45. The summed E-state index contributed by atoms with van der Waals surface area (Å²) < 4.78 is 1.11. The van der Waals surface area contributed by atoms with E-state index >= 15 is 0 Å². The van der Waals surface area contributed by atoms with Gasteiger partial charge in [0.25, 0.3) is 0 Å². The number of hydrogen-bond donors (Lipinski definition) is 1. The highest BCUT2D eigenvalue weighted by atomic mass is 79.9. The summed E-state index contributed by atoms with van der Waals surface area (Å²) in [5.74, 6) is 0. The second-order valence-corrected chi connectivity index (χ2v) is 6.09. The van der Waals surface area contributed by atoms with Gasteiger partial charge >= 0.3 is 0 Å². The third-order valence-electron chi connectivity index (χ3n) is 3.77. The Kier molecular flexibility index (Phi) is 5.38. The van der Waals surface area contributed by atoms with Crippen LogP contribution in [-0.2, 0) is 19.3 Å². The first-order chi connectivity index (χ1) is 9.63. The predicted molar refractivity (Wildman–Crippen MR) is 90.0 cm³/mol. The summed E-state index contributed by atoms with van der Waals surface area (Å²) in [6.45, 7) is 4.38. The van der Waals surface area contributed by atoms with Crippen molar-refractivity contribution in [3.05, 3.63) is 69.2 Å². The molecule has 0 amide bonds. The molecule has 0 saturated carbocycles. The van der Waals surface area contributed by atoms with Gasteiger partial charge in [-0.1, -0.05) is 60.1 Å². The number of aryl methyl sites for hydroxylation is 2. The fraction of sp³-hybridized carbons (Fsp3) is 0.333. The van der Waals surface area contributed by atoms with Crippen molar-refractivity contribution in [3.8, 4) is 0 Å². The molecule has 0 heterocycles. The number of benzene rings is 2. The van der Waals surface area contributed by atoms with Crippen LogP contribution in [0.3, 0.4) is 0 Å². The fourth-order valence-electron chi connectivity index (χ4n) is 2.52. The third kappa shape index (κ3) is 3.71. The molecule has 106 valence electrons. The van der Waals surface area contributed by atoms with E-state index in [4.69, 9.17) is 5.73 Å². The molecule has 0 fully saturated rings. The molecule has 1 atom stereocenters. The quantitative estimate of drug-likeness (QED) is 0.835. The summed E-state index contributed by atoms with van der Waals surface area (Å²) >= 11 is 3.47. The van der Waals surface area contributed by atoms with Crippen molar-refractivity contribution >= 4 is 15.9 Å². The smallest absolute Gasteiger partial charge is 0.0338 e. The van der Waals surface area contributed by atoms with E-state index in [1.807, 2.05) is 0 Å². The predicted octanol–water partition coefficient (Wildman–Crippen LogP) is 4.82. The molecule has 0 bridgehead atoms. The van der Waals surface area contributed by atoms with E-state index in [0.29, 0.717) is 0 Å². The molecule has 0 saturated heterocycles. The molecule has 2 rings (SSSR count). The lowest BCUT2D eigenvalue weighted by atomic mass is 9.92. The summed E-state index contributed by atoms with van der Waals surface area (Å²) in [6.07, 6.45) is 2.98. The van der Waals surface area contributed by atoms with Crippen molar-refractivity contribution < 1.29 is 0 Å². The van der Waals surface area contributed by atoms with Crippen LogP contribution in [-0.4, -0.2) is 0 Å². The first-order valence-electron chi connectivity index (χ1n) is 7.25. The molecule has 20 heavy (non-hydrogen) atoms. The Bertz CT molecular complexity index is 560. The topological polar surface area (TPSA) is 26.0 Å². The summed E-state index contributed by atoms with van der Waals surface area (Å²) in [7, 11) is 0. The highest BCUT2D eigenvalue weighted by Gasteiger charge is 2.12. The molecule has 1 nitrogen and oxygen atoms in total.